The Morgan fingerprint density at radius 2 is 1.77 bits per heavy atom. The van der Waals surface area contributed by atoms with Crippen molar-refractivity contribution in [3.05, 3.63) is 65.2 Å². The molecule has 1 aliphatic rings. The third-order valence-corrected chi connectivity index (χ3v) is 3.83. The molecule has 0 bridgehead atoms. The van der Waals surface area contributed by atoms with Gasteiger partial charge < -0.3 is 15.3 Å². The van der Waals surface area contributed by atoms with Gasteiger partial charge in [0.1, 0.15) is 0 Å². The Morgan fingerprint density at radius 3 is 2.41 bits per heavy atom. The number of carbonyl (C=O) groups excluding carboxylic acids is 2. The van der Waals surface area contributed by atoms with Crippen LogP contribution in [0.5, 0.6) is 0 Å². The van der Waals surface area contributed by atoms with Crippen LogP contribution < -0.4 is 5.32 Å². The molecule has 112 valence electrons. The zero-order valence-corrected chi connectivity index (χ0v) is 12.3. The highest BCUT2D eigenvalue weighted by atomic mass is 16.3. The van der Waals surface area contributed by atoms with Gasteiger partial charge in [0.25, 0.3) is 11.8 Å². The zero-order valence-electron chi connectivity index (χ0n) is 12.3. The number of benzene rings is 2. The second kappa shape index (κ2) is 4.96. The van der Waals surface area contributed by atoms with E-state index in [2.05, 4.69) is 5.32 Å². The van der Waals surface area contributed by atoms with Crippen LogP contribution in [-0.2, 0) is 10.4 Å². The van der Waals surface area contributed by atoms with Gasteiger partial charge in [0.05, 0.1) is 0 Å². The van der Waals surface area contributed by atoms with Crippen molar-refractivity contribution in [1.82, 2.24) is 4.90 Å². The summed E-state index contributed by atoms with van der Waals surface area (Å²) in [5.41, 5.74) is -0.342. The van der Waals surface area contributed by atoms with Gasteiger partial charge >= 0.3 is 0 Å². The minimum Gasteiger partial charge on any atom is -0.372 e. The Morgan fingerprint density at radius 1 is 1.09 bits per heavy atom. The molecule has 2 aromatic rings. The van der Waals surface area contributed by atoms with Crippen molar-refractivity contribution in [3.8, 4) is 0 Å². The van der Waals surface area contributed by atoms with E-state index in [0.717, 1.165) is 0 Å². The lowest BCUT2D eigenvalue weighted by molar-refractivity contribution is -0.129. The van der Waals surface area contributed by atoms with E-state index < -0.39 is 11.5 Å². The Labute approximate surface area is 128 Å². The fourth-order valence-electron chi connectivity index (χ4n) is 2.75. The van der Waals surface area contributed by atoms with Crippen molar-refractivity contribution in [1.29, 1.82) is 0 Å². The van der Waals surface area contributed by atoms with Crippen molar-refractivity contribution < 1.29 is 14.7 Å². The average molecular weight is 296 g/mol. The first-order valence-corrected chi connectivity index (χ1v) is 6.90. The predicted molar refractivity (Wildman–Crippen MR) is 82.5 cm³/mol. The first-order valence-electron chi connectivity index (χ1n) is 6.90. The van der Waals surface area contributed by atoms with E-state index >= 15 is 0 Å². The van der Waals surface area contributed by atoms with E-state index in [1.54, 1.807) is 62.6 Å². The Balaban J connectivity index is 2.27. The van der Waals surface area contributed by atoms with Crippen molar-refractivity contribution in [3.63, 3.8) is 0 Å². The first kappa shape index (κ1) is 14.3. The van der Waals surface area contributed by atoms with E-state index in [0.29, 0.717) is 22.4 Å². The normalized spacial score (nSPS) is 19.5. The van der Waals surface area contributed by atoms with E-state index in [-0.39, 0.29) is 5.91 Å². The summed E-state index contributed by atoms with van der Waals surface area (Å²) >= 11 is 0. The van der Waals surface area contributed by atoms with Crippen molar-refractivity contribution in [2.75, 3.05) is 19.4 Å². The second-order valence-electron chi connectivity index (χ2n) is 5.46. The zero-order chi connectivity index (χ0) is 15.9. The standard InChI is InChI=1S/C17H16N2O3/c1-19(2)15(20)12-9-6-10-13-14(12)17(22,16(21)18-13)11-7-4-3-5-8-11/h3-10,22H,1-2H3,(H,18,21). The molecule has 0 aliphatic carbocycles. The van der Waals surface area contributed by atoms with E-state index in [9.17, 15) is 14.7 Å². The van der Waals surface area contributed by atoms with E-state index in [4.69, 9.17) is 0 Å². The van der Waals surface area contributed by atoms with Crippen LogP contribution in [0.15, 0.2) is 48.5 Å². The number of anilines is 1. The predicted octanol–water partition coefficient (Wildman–Crippen LogP) is 1.58. The quantitative estimate of drug-likeness (QED) is 0.884. The molecule has 0 saturated heterocycles. The third-order valence-electron chi connectivity index (χ3n) is 3.83. The van der Waals surface area contributed by atoms with Crippen molar-refractivity contribution in [2.45, 2.75) is 5.60 Å². The molecular formula is C17H16N2O3. The lowest BCUT2D eigenvalue weighted by Crippen LogP contribution is -2.37. The summed E-state index contributed by atoms with van der Waals surface area (Å²) in [6, 6.07) is 13.6. The molecule has 0 fully saturated rings. The van der Waals surface area contributed by atoms with E-state index in [1.807, 2.05) is 0 Å². The number of carbonyl (C=O) groups is 2. The molecule has 2 aromatic carbocycles. The van der Waals surface area contributed by atoms with Crippen molar-refractivity contribution >= 4 is 17.5 Å². The van der Waals surface area contributed by atoms with Crippen LogP contribution in [0.3, 0.4) is 0 Å². The van der Waals surface area contributed by atoms with Crippen LogP contribution in [0.4, 0.5) is 5.69 Å². The molecule has 3 rings (SSSR count). The molecular weight excluding hydrogens is 280 g/mol. The number of nitrogens with zero attached hydrogens (tertiary/aromatic N) is 1. The molecule has 0 saturated carbocycles. The topological polar surface area (TPSA) is 69.6 Å². The van der Waals surface area contributed by atoms with Gasteiger partial charge in [-0.1, -0.05) is 36.4 Å². The maximum atomic E-state index is 12.4. The van der Waals surface area contributed by atoms with E-state index in [1.165, 1.54) is 4.90 Å². The highest BCUT2D eigenvalue weighted by Gasteiger charge is 2.49. The van der Waals surface area contributed by atoms with Crippen LogP contribution in [0, 0.1) is 0 Å². The summed E-state index contributed by atoms with van der Waals surface area (Å²) in [7, 11) is 3.26. The molecule has 22 heavy (non-hydrogen) atoms. The van der Waals surface area contributed by atoms with Gasteiger partial charge in [0.15, 0.2) is 5.60 Å². The maximum Gasteiger partial charge on any atom is 0.265 e. The molecule has 1 atom stereocenters. The van der Waals surface area contributed by atoms with Gasteiger partial charge in [-0.15, -0.1) is 0 Å². The molecule has 2 N–H and O–H groups in total. The molecule has 1 heterocycles. The average Bonchev–Trinajstić information content (AvgIpc) is 2.79. The fraction of sp³-hybridized carbons (Fsp3) is 0.176. The van der Waals surface area contributed by atoms with Crippen LogP contribution in [0.25, 0.3) is 0 Å². The number of nitrogens with one attached hydrogen (secondary N) is 1. The number of hydrogen-bond acceptors (Lipinski definition) is 3. The SMILES string of the molecule is CN(C)C(=O)c1cccc2c1C(O)(c1ccccc1)C(=O)N2. The molecule has 0 spiro atoms. The summed E-state index contributed by atoms with van der Waals surface area (Å²) in [6.45, 7) is 0. The molecule has 1 aliphatic heterocycles. The molecule has 0 radical (unpaired) electrons. The summed E-state index contributed by atoms with van der Waals surface area (Å²) in [5.74, 6) is -0.810. The van der Waals surface area contributed by atoms with Crippen LogP contribution >= 0.6 is 0 Å². The van der Waals surface area contributed by atoms with Gasteiger partial charge in [0.2, 0.25) is 0 Å². The molecule has 5 heteroatoms. The fourth-order valence-corrected chi connectivity index (χ4v) is 2.75. The molecule has 0 aromatic heterocycles. The first-order chi connectivity index (χ1) is 10.5. The second-order valence-corrected chi connectivity index (χ2v) is 5.46. The minimum atomic E-state index is -1.86. The van der Waals surface area contributed by atoms with Crippen LogP contribution in [0.2, 0.25) is 0 Å². The third kappa shape index (κ3) is 1.90. The van der Waals surface area contributed by atoms with Crippen LogP contribution in [0.1, 0.15) is 21.5 Å². The highest BCUT2D eigenvalue weighted by Crippen LogP contribution is 2.42. The lowest BCUT2D eigenvalue weighted by atomic mass is 9.84. The molecule has 5 nitrogen and oxygen atoms in total. The summed E-state index contributed by atoms with van der Waals surface area (Å²) in [5, 5.41) is 13.8. The Hall–Kier alpha value is -2.66. The van der Waals surface area contributed by atoms with Gasteiger partial charge in [-0.05, 0) is 17.7 Å². The van der Waals surface area contributed by atoms with Gasteiger partial charge in [-0.3, -0.25) is 9.59 Å². The van der Waals surface area contributed by atoms with Crippen LogP contribution in [-0.4, -0.2) is 35.9 Å². The largest absolute Gasteiger partial charge is 0.372 e. The number of amides is 2. The number of aliphatic hydroxyl groups is 1. The number of hydrogen-bond donors (Lipinski definition) is 2. The lowest BCUT2D eigenvalue weighted by Gasteiger charge is -2.24. The Kier molecular flexibility index (Phi) is 3.22. The summed E-state index contributed by atoms with van der Waals surface area (Å²) < 4.78 is 0. The van der Waals surface area contributed by atoms with Gasteiger partial charge in [0, 0.05) is 30.9 Å². The maximum absolute atomic E-state index is 12.4. The summed E-state index contributed by atoms with van der Waals surface area (Å²) in [4.78, 5) is 26.2. The highest BCUT2D eigenvalue weighted by molar-refractivity contribution is 6.11. The molecule has 1 unspecified atom stereocenters. The molecule has 2 amide bonds. The number of rotatable bonds is 2. The Bertz CT molecular complexity index is 756. The smallest absolute Gasteiger partial charge is 0.265 e. The summed E-state index contributed by atoms with van der Waals surface area (Å²) in [6.07, 6.45) is 0. The van der Waals surface area contributed by atoms with Crippen molar-refractivity contribution in [2.24, 2.45) is 0 Å². The minimum absolute atomic E-state index is 0.261. The number of fused-ring (bicyclic) bond motifs is 1. The van der Waals surface area contributed by atoms with Gasteiger partial charge in [-0.25, -0.2) is 0 Å². The van der Waals surface area contributed by atoms with Gasteiger partial charge in [-0.2, -0.15) is 0 Å². The monoisotopic (exact) mass is 296 g/mol.